The van der Waals surface area contributed by atoms with Gasteiger partial charge in [0.1, 0.15) is 5.75 Å². The quantitative estimate of drug-likeness (QED) is 0.759. The third-order valence-electron chi connectivity index (χ3n) is 1.45. The van der Waals surface area contributed by atoms with Gasteiger partial charge in [-0.1, -0.05) is 6.07 Å². The highest BCUT2D eigenvalue weighted by molar-refractivity contribution is 7.90. The largest absolute Gasteiger partial charge is 0.432 e. The van der Waals surface area contributed by atoms with Crippen molar-refractivity contribution < 1.29 is 13.2 Å². The summed E-state index contributed by atoms with van der Waals surface area (Å²) in [6.07, 6.45) is 1.12. The number of rotatable bonds is 2. The maximum atomic E-state index is 11.2. The molecule has 1 rings (SSSR count). The summed E-state index contributed by atoms with van der Waals surface area (Å²) < 4.78 is 27.2. The molecule has 0 aliphatic rings. The van der Waals surface area contributed by atoms with Gasteiger partial charge in [0, 0.05) is 6.26 Å². The lowest BCUT2D eigenvalue weighted by Crippen LogP contribution is -2.15. The van der Waals surface area contributed by atoms with Gasteiger partial charge in [-0.3, -0.25) is 0 Å². The normalized spacial score (nSPS) is 10.9. The molecular weight excluding hydrogens is 222 g/mol. The van der Waals surface area contributed by atoms with Crippen molar-refractivity contribution >= 4 is 27.2 Å². The van der Waals surface area contributed by atoms with Crippen LogP contribution in [0.5, 0.6) is 5.75 Å². The standard InChI is InChI=1S/C8H9NO3S2/c1-14(10,11)7-4-2-3-6(5-7)12-8(9)13/h2-5H,1H3,(H2,9,13). The maximum absolute atomic E-state index is 11.2. The Hall–Kier alpha value is -1.14. The summed E-state index contributed by atoms with van der Waals surface area (Å²) in [5.74, 6) is 0.320. The SMILES string of the molecule is CS(=O)(=O)c1cccc(OC(N)=S)c1. The molecule has 0 spiro atoms. The molecule has 0 radical (unpaired) electrons. The van der Waals surface area contributed by atoms with Crippen molar-refractivity contribution in [3.05, 3.63) is 24.3 Å². The molecule has 76 valence electrons. The molecule has 0 atom stereocenters. The van der Waals surface area contributed by atoms with E-state index in [1.807, 2.05) is 0 Å². The minimum atomic E-state index is -3.23. The highest BCUT2D eigenvalue weighted by Crippen LogP contribution is 2.17. The first-order valence-electron chi connectivity index (χ1n) is 3.67. The van der Waals surface area contributed by atoms with E-state index in [0.29, 0.717) is 5.75 Å². The van der Waals surface area contributed by atoms with Gasteiger partial charge < -0.3 is 10.5 Å². The molecule has 2 N–H and O–H groups in total. The number of hydrogen-bond acceptors (Lipinski definition) is 4. The van der Waals surface area contributed by atoms with Crippen LogP contribution in [-0.2, 0) is 9.84 Å². The molecule has 0 aliphatic carbocycles. The summed E-state index contributed by atoms with van der Waals surface area (Å²) in [4.78, 5) is 0.172. The first-order valence-corrected chi connectivity index (χ1v) is 5.97. The van der Waals surface area contributed by atoms with Crippen LogP contribution in [0.25, 0.3) is 0 Å². The van der Waals surface area contributed by atoms with E-state index < -0.39 is 9.84 Å². The van der Waals surface area contributed by atoms with E-state index in [1.165, 1.54) is 12.1 Å². The Kier molecular flexibility index (Phi) is 3.07. The van der Waals surface area contributed by atoms with Crippen LogP contribution in [0.1, 0.15) is 0 Å². The molecule has 0 saturated carbocycles. The number of sulfone groups is 1. The van der Waals surface area contributed by atoms with E-state index in [-0.39, 0.29) is 10.1 Å². The number of benzene rings is 1. The first kappa shape index (κ1) is 10.9. The fourth-order valence-corrected chi connectivity index (χ4v) is 1.64. The first-order chi connectivity index (χ1) is 6.39. The third kappa shape index (κ3) is 2.97. The molecule has 0 amide bonds. The molecule has 1 aromatic rings. The van der Waals surface area contributed by atoms with Crippen molar-refractivity contribution in [1.29, 1.82) is 0 Å². The van der Waals surface area contributed by atoms with Crippen LogP contribution in [0.2, 0.25) is 0 Å². The van der Waals surface area contributed by atoms with Crippen LogP contribution < -0.4 is 10.5 Å². The molecule has 0 saturated heterocycles. The Labute approximate surface area is 87.6 Å². The van der Waals surface area contributed by atoms with Crippen molar-refractivity contribution in [2.75, 3.05) is 6.26 Å². The molecule has 0 bridgehead atoms. The Balaban J connectivity index is 3.08. The lowest BCUT2D eigenvalue weighted by Gasteiger charge is -2.03. The minimum absolute atomic E-state index is 0.143. The third-order valence-corrected chi connectivity index (χ3v) is 2.65. The van der Waals surface area contributed by atoms with Gasteiger partial charge in [0.2, 0.25) is 0 Å². The summed E-state index contributed by atoms with van der Waals surface area (Å²) in [6.45, 7) is 0. The van der Waals surface area contributed by atoms with Gasteiger partial charge in [-0.2, -0.15) is 0 Å². The number of nitrogens with two attached hydrogens (primary N) is 1. The van der Waals surface area contributed by atoms with Crippen LogP contribution >= 0.6 is 12.2 Å². The zero-order valence-electron chi connectivity index (χ0n) is 7.43. The fourth-order valence-electron chi connectivity index (χ4n) is 0.884. The van der Waals surface area contributed by atoms with Crippen LogP contribution in [0.3, 0.4) is 0 Å². The second-order valence-electron chi connectivity index (χ2n) is 2.67. The molecular formula is C8H9NO3S2. The summed E-state index contributed by atoms with van der Waals surface area (Å²) in [5.41, 5.74) is 5.14. The second kappa shape index (κ2) is 3.93. The molecule has 0 aliphatic heterocycles. The van der Waals surface area contributed by atoms with Gasteiger partial charge in [0.05, 0.1) is 4.90 Å². The van der Waals surface area contributed by atoms with Crippen molar-refractivity contribution in [2.45, 2.75) is 4.90 Å². The van der Waals surface area contributed by atoms with Gasteiger partial charge in [0.15, 0.2) is 9.84 Å². The fraction of sp³-hybridized carbons (Fsp3) is 0.125. The van der Waals surface area contributed by atoms with Gasteiger partial charge in [0.25, 0.3) is 5.17 Å². The van der Waals surface area contributed by atoms with E-state index in [9.17, 15) is 8.42 Å². The highest BCUT2D eigenvalue weighted by atomic mass is 32.2. The summed E-state index contributed by atoms with van der Waals surface area (Å²) >= 11 is 4.52. The zero-order valence-corrected chi connectivity index (χ0v) is 9.06. The average Bonchev–Trinajstić information content (AvgIpc) is 2.01. The predicted octanol–water partition coefficient (Wildman–Crippen LogP) is 0.713. The van der Waals surface area contributed by atoms with Gasteiger partial charge in [-0.25, -0.2) is 8.42 Å². The van der Waals surface area contributed by atoms with Crippen molar-refractivity contribution in [2.24, 2.45) is 5.73 Å². The Bertz CT molecular complexity index is 453. The van der Waals surface area contributed by atoms with Crippen LogP contribution in [-0.4, -0.2) is 19.8 Å². The highest BCUT2D eigenvalue weighted by Gasteiger charge is 2.07. The number of ether oxygens (including phenoxy) is 1. The van der Waals surface area contributed by atoms with E-state index in [1.54, 1.807) is 12.1 Å². The van der Waals surface area contributed by atoms with Crippen molar-refractivity contribution in [1.82, 2.24) is 0 Å². The summed E-state index contributed by atoms with van der Waals surface area (Å²) in [7, 11) is -3.23. The van der Waals surface area contributed by atoms with Crippen molar-refractivity contribution in [3.8, 4) is 5.75 Å². The van der Waals surface area contributed by atoms with Crippen LogP contribution in [0, 0.1) is 0 Å². The topological polar surface area (TPSA) is 69.4 Å². The Morgan fingerprint density at radius 3 is 2.64 bits per heavy atom. The van der Waals surface area contributed by atoms with Gasteiger partial charge in [-0.15, -0.1) is 0 Å². The monoisotopic (exact) mass is 231 g/mol. The van der Waals surface area contributed by atoms with E-state index in [0.717, 1.165) is 6.26 Å². The Morgan fingerprint density at radius 1 is 1.50 bits per heavy atom. The minimum Gasteiger partial charge on any atom is -0.432 e. The molecule has 14 heavy (non-hydrogen) atoms. The van der Waals surface area contributed by atoms with E-state index in [4.69, 9.17) is 10.5 Å². The predicted molar refractivity (Wildman–Crippen MR) is 57.0 cm³/mol. The molecule has 0 fully saturated rings. The molecule has 1 aromatic carbocycles. The smallest absolute Gasteiger partial charge is 0.259 e. The molecule has 0 unspecified atom stereocenters. The number of thiocarbonyl (C=S) groups is 1. The Morgan fingerprint density at radius 2 is 2.14 bits per heavy atom. The molecule has 0 aromatic heterocycles. The lowest BCUT2D eigenvalue weighted by molar-refractivity contribution is 0.553. The molecule has 0 heterocycles. The number of hydrogen-bond donors (Lipinski definition) is 1. The second-order valence-corrected chi connectivity index (χ2v) is 5.09. The lowest BCUT2D eigenvalue weighted by atomic mass is 10.3. The van der Waals surface area contributed by atoms with E-state index in [2.05, 4.69) is 12.2 Å². The summed E-state index contributed by atoms with van der Waals surface area (Å²) in [6, 6.07) is 5.98. The average molecular weight is 231 g/mol. The van der Waals surface area contributed by atoms with Gasteiger partial charge >= 0.3 is 0 Å². The molecule has 4 nitrogen and oxygen atoms in total. The van der Waals surface area contributed by atoms with Crippen molar-refractivity contribution in [3.63, 3.8) is 0 Å². The van der Waals surface area contributed by atoms with Crippen LogP contribution in [0.15, 0.2) is 29.2 Å². The molecule has 6 heteroatoms. The van der Waals surface area contributed by atoms with Crippen LogP contribution in [0.4, 0.5) is 0 Å². The zero-order chi connectivity index (χ0) is 10.8. The maximum Gasteiger partial charge on any atom is 0.259 e. The van der Waals surface area contributed by atoms with E-state index >= 15 is 0 Å². The summed E-state index contributed by atoms with van der Waals surface area (Å²) in [5, 5.41) is -0.143. The van der Waals surface area contributed by atoms with Gasteiger partial charge in [-0.05, 0) is 30.4 Å².